The fourth-order valence-electron chi connectivity index (χ4n) is 1.57. The third kappa shape index (κ3) is 22.9. The van der Waals surface area contributed by atoms with Crippen LogP contribution in [0.1, 0.15) is 66.2 Å². The van der Waals surface area contributed by atoms with E-state index in [0.29, 0.717) is 6.61 Å². The van der Waals surface area contributed by atoms with Crippen molar-refractivity contribution in [2.24, 2.45) is 0 Å². The van der Waals surface area contributed by atoms with E-state index in [9.17, 15) is 0 Å². The molecule has 0 aliphatic carbocycles. The number of hydrogen-bond acceptors (Lipinski definition) is 1. The molecule has 0 aromatic rings. The van der Waals surface area contributed by atoms with Crippen molar-refractivity contribution in [2.45, 2.75) is 84.4 Å². The maximum absolute atomic E-state index is 8.29. The Morgan fingerprint density at radius 1 is 0.765 bits per heavy atom. The van der Waals surface area contributed by atoms with Crippen molar-refractivity contribution in [3.63, 3.8) is 0 Å². The average molecular weight is 334 g/mol. The third-order valence-corrected chi connectivity index (χ3v) is 5.96. The van der Waals surface area contributed by atoms with Crippen molar-refractivity contribution >= 4 is 8.80 Å². The van der Waals surface area contributed by atoms with E-state index in [1.807, 2.05) is 0 Å². The maximum Gasteiger partial charge on any atom is 0.0473 e. The number of aliphatic hydroxyl groups is 1. The van der Waals surface area contributed by atoms with Crippen molar-refractivity contribution in [1.29, 1.82) is 0 Å². The zero-order chi connectivity index (χ0) is 12.6. The largest absolute Gasteiger partial charge is 0.396 e. The van der Waals surface area contributed by atoms with E-state index < -0.39 is 0 Å². The Labute approximate surface area is 137 Å². The third-order valence-electron chi connectivity index (χ3n) is 2.90. The van der Waals surface area contributed by atoms with Crippen LogP contribution >= 0.6 is 0 Å². The number of aliphatic hydroxyl groups excluding tert-OH is 1. The molecule has 0 saturated heterocycles. The molecule has 0 saturated carbocycles. The van der Waals surface area contributed by atoms with E-state index in [4.69, 9.17) is 5.11 Å². The van der Waals surface area contributed by atoms with Gasteiger partial charge in [0.15, 0.2) is 0 Å². The van der Waals surface area contributed by atoms with Gasteiger partial charge in [0, 0.05) is 48.1 Å². The summed E-state index contributed by atoms with van der Waals surface area (Å²) in [5, 5.41) is 8.29. The molecular weight excluding hydrogens is 301 g/mol. The molecule has 0 aliphatic rings. The fraction of sp³-hybridized carbons (Fsp3) is 1.00. The normalized spacial score (nSPS) is 9.53. The van der Waals surface area contributed by atoms with Crippen LogP contribution in [0.4, 0.5) is 0 Å². The van der Waals surface area contributed by atoms with Gasteiger partial charge in [-0.05, 0) is 6.42 Å². The van der Waals surface area contributed by atoms with Gasteiger partial charge in [0.1, 0.15) is 0 Å². The van der Waals surface area contributed by atoms with Crippen molar-refractivity contribution in [3.05, 3.63) is 0 Å². The monoisotopic (exact) mass is 334 g/mol. The Morgan fingerprint density at radius 2 is 1.29 bits per heavy atom. The fourth-order valence-corrected chi connectivity index (χ4v) is 3.63. The van der Waals surface area contributed by atoms with Crippen LogP contribution in [0.5, 0.6) is 0 Å². The molecule has 0 aliphatic heterocycles. The van der Waals surface area contributed by atoms with Crippen molar-refractivity contribution in [3.8, 4) is 0 Å². The smallest absolute Gasteiger partial charge is 0.0473 e. The predicted molar refractivity (Wildman–Crippen MR) is 77.7 cm³/mol. The molecule has 0 rings (SSSR count). The van der Waals surface area contributed by atoms with Crippen LogP contribution in [-0.2, 0) is 32.7 Å². The molecule has 1 nitrogen and oxygen atoms in total. The van der Waals surface area contributed by atoms with Gasteiger partial charge in [-0.1, -0.05) is 77.9 Å². The SMILES string of the molecule is CCCCCCO.CCCC[Si](CC)CC.[Y]. The minimum absolute atomic E-state index is 0. The standard InChI is InChI=1S/C8H19Si.C6H14O.Y/c1-4-7-8-9(5-2)6-3;1-2-3-4-5-6-7;/h4-8H2,1-3H3;7H,2-6H2,1H3;. The predicted octanol–water partition coefficient (Wildman–Crippen LogP) is 4.88. The van der Waals surface area contributed by atoms with Crippen LogP contribution in [0, 0.1) is 0 Å². The second-order valence-electron chi connectivity index (χ2n) is 4.34. The number of hydrogen-bond donors (Lipinski definition) is 1. The van der Waals surface area contributed by atoms with Crippen LogP contribution in [0.3, 0.4) is 0 Å². The second-order valence-corrected chi connectivity index (χ2v) is 7.76. The van der Waals surface area contributed by atoms with E-state index in [-0.39, 0.29) is 41.5 Å². The van der Waals surface area contributed by atoms with Gasteiger partial charge in [0.25, 0.3) is 0 Å². The Bertz CT molecular complexity index is 104. The van der Waals surface area contributed by atoms with Gasteiger partial charge in [-0.3, -0.25) is 0 Å². The molecule has 0 amide bonds. The quantitative estimate of drug-likeness (QED) is 0.471. The minimum Gasteiger partial charge on any atom is -0.396 e. The van der Waals surface area contributed by atoms with Crippen LogP contribution < -0.4 is 0 Å². The van der Waals surface area contributed by atoms with Gasteiger partial charge in [0.05, 0.1) is 0 Å². The molecule has 0 bridgehead atoms. The number of unbranched alkanes of at least 4 members (excludes halogenated alkanes) is 4. The molecule has 17 heavy (non-hydrogen) atoms. The molecule has 2 radical (unpaired) electrons. The summed E-state index contributed by atoms with van der Waals surface area (Å²) in [6.07, 6.45) is 7.53. The molecule has 0 unspecified atom stereocenters. The van der Waals surface area contributed by atoms with E-state index in [0.717, 1.165) is 6.42 Å². The molecule has 1 N–H and O–H groups in total. The van der Waals surface area contributed by atoms with Gasteiger partial charge in [-0.15, -0.1) is 0 Å². The van der Waals surface area contributed by atoms with Gasteiger partial charge in [0.2, 0.25) is 0 Å². The van der Waals surface area contributed by atoms with Crippen LogP contribution in [0.2, 0.25) is 18.1 Å². The van der Waals surface area contributed by atoms with E-state index >= 15 is 0 Å². The van der Waals surface area contributed by atoms with Gasteiger partial charge in [-0.2, -0.15) is 0 Å². The zero-order valence-corrected chi connectivity index (χ0v) is 16.4. The second kappa shape index (κ2) is 22.5. The summed E-state index contributed by atoms with van der Waals surface area (Å²) in [6, 6.07) is 4.50. The molecule has 0 atom stereocenters. The summed E-state index contributed by atoms with van der Waals surface area (Å²) in [7, 11) is 0.114. The van der Waals surface area contributed by atoms with E-state index in [1.165, 1.54) is 44.2 Å². The summed E-state index contributed by atoms with van der Waals surface area (Å²) in [6.45, 7) is 9.49. The topological polar surface area (TPSA) is 20.2 Å². The summed E-state index contributed by atoms with van der Waals surface area (Å²) >= 11 is 0. The first-order valence-electron chi connectivity index (χ1n) is 7.21. The van der Waals surface area contributed by atoms with E-state index in [1.54, 1.807) is 6.04 Å². The number of rotatable bonds is 9. The first kappa shape index (κ1) is 23.4. The van der Waals surface area contributed by atoms with E-state index in [2.05, 4.69) is 27.7 Å². The summed E-state index contributed by atoms with van der Waals surface area (Å²) in [5.74, 6) is 0. The molecule has 3 heteroatoms. The van der Waals surface area contributed by atoms with Gasteiger partial charge in [-0.25, -0.2) is 0 Å². The molecule has 0 aromatic carbocycles. The van der Waals surface area contributed by atoms with Crippen LogP contribution in [0.15, 0.2) is 0 Å². The van der Waals surface area contributed by atoms with Crippen LogP contribution in [0.25, 0.3) is 0 Å². The first-order chi connectivity index (χ1) is 7.76. The van der Waals surface area contributed by atoms with Crippen molar-refractivity contribution in [2.75, 3.05) is 6.61 Å². The molecule has 0 spiro atoms. The molecule has 102 valence electrons. The Kier molecular flexibility index (Phi) is 30.9. The van der Waals surface area contributed by atoms with Gasteiger partial charge < -0.3 is 5.11 Å². The molecule has 0 heterocycles. The Hall–Kier alpha value is 1.28. The molecule has 0 aromatic heterocycles. The molecule has 0 fully saturated rings. The average Bonchev–Trinajstić information content (AvgIpc) is 2.32. The Morgan fingerprint density at radius 3 is 1.65 bits per heavy atom. The van der Waals surface area contributed by atoms with Crippen molar-refractivity contribution < 1.29 is 37.8 Å². The van der Waals surface area contributed by atoms with Crippen molar-refractivity contribution in [1.82, 2.24) is 0 Å². The van der Waals surface area contributed by atoms with Crippen LogP contribution in [-0.4, -0.2) is 20.5 Å². The zero-order valence-electron chi connectivity index (χ0n) is 12.6. The summed E-state index contributed by atoms with van der Waals surface area (Å²) in [4.78, 5) is 0. The molecular formula is C14H33OSiY. The van der Waals surface area contributed by atoms with Gasteiger partial charge >= 0.3 is 0 Å². The minimum atomic E-state index is 0. The summed E-state index contributed by atoms with van der Waals surface area (Å²) < 4.78 is 0. The Balaban J connectivity index is -0.000000224. The summed E-state index contributed by atoms with van der Waals surface area (Å²) in [5.41, 5.74) is 0. The maximum atomic E-state index is 8.29. The first-order valence-corrected chi connectivity index (χ1v) is 9.33.